The molecule has 2 aliphatic carbocycles. The van der Waals surface area contributed by atoms with E-state index in [1.165, 1.54) is 51.0 Å². The van der Waals surface area contributed by atoms with Gasteiger partial charge in [0, 0.05) is 12.5 Å². The van der Waals surface area contributed by atoms with Crippen molar-refractivity contribution in [2.75, 3.05) is 0 Å². The molecule has 0 aromatic rings. The summed E-state index contributed by atoms with van der Waals surface area (Å²) in [6, 6.07) is 1.33. The van der Waals surface area contributed by atoms with Crippen LogP contribution < -0.4 is 0 Å². The van der Waals surface area contributed by atoms with Gasteiger partial charge in [-0.05, 0) is 68.0 Å². The molecule has 5 atom stereocenters. The fourth-order valence-electron chi connectivity index (χ4n) is 5.93. The number of hydrogen-bond donors (Lipinski definition) is 0. The van der Waals surface area contributed by atoms with Crippen LogP contribution in [-0.4, -0.2) is 22.5 Å². The molecule has 156 valence electrons. The Bertz CT molecular complexity index is 539. The smallest absolute Gasteiger partial charge is 0.187 e. The van der Waals surface area contributed by atoms with Gasteiger partial charge >= 0.3 is 0 Å². The van der Waals surface area contributed by atoms with Gasteiger partial charge in [-0.3, -0.25) is 0 Å². The zero-order valence-electron chi connectivity index (χ0n) is 19.6. The van der Waals surface area contributed by atoms with Gasteiger partial charge in [0.25, 0.3) is 0 Å². The summed E-state index contributed by atoms with van der Waals surface area (Å²) in [7, 11) is -2.76. The second-order valence-corrected chi connectivity index (χ2v) is 20.4. The average Bonchev–Trinajstić information content (AvgIpc) is 2.89. The van der Waals surface area contributed by atoms with Crippen LogP contribution in [0.5, 0.6) is 0 Å². The molecule has 0 aromatic heterocycles. The summed E-state index contributed by atoms with van der Waals surface area (Å²) >= 11 is 0. The third-order valence-corrected chi connectivity index (χ3v) is 10.7. The third-order valence-electron chi connectivity index (χ3n) is 7.31. The molecule has 2 fully saturated rings. The van der Waals surface area contributed by atoms with Gasteiger partial charge in [-0.25, -0.2) is 0 Å². The molecule has 0 unspecified atom stereocenters. The third kappa shape index (κ3) is 6.21. The minimum absolute atomic E-state index is 0.485. The van der Waals surface area contributed by atoms with Gasteiger partial charge in [0.05, 0.1) is 0 Å². The molecule has 2 aliphatic rings. The minimum atomic E-state index is -1.51. The lowest BCUT2D eigenvalue weighted by atomic mass is 9.61. The van der Waals surface area contributed by atoms with Crippen molar-refractivity contribution in [1.82, 2.24) is 0 Å². The van der Waals surface area contributed by atoms with Crippen LogP contribution in [0.1, 0.15) is 72.1 Å². The van der Waals surface area contributed by atoms with E-state index in [9.17, 15) is 0 Å². The molecule has 0 spiro atoms. The summed E-state index contributed by atoms with van der Waals surface area (Å²) in [4.78, 5) is 0. The molecular weight excluding hydrogens is 360 g/mol. The number of hydrogen-bond acceptors (Lipinski definition) is 1. The van der Waals surface area contributed by atoms with Gasteiger partial charge in [0.2, 0.25) is 0 Å². The minimum Gasteiger partial charge on any atom is -0.414 e. The Hall–Kier alpha value is -0.0462. The van der Waals surface area contributed by atoms with E-state index < -0.39 is 16.4 Å². The van der Waals surface area contributed by atoms with E-state index in [0.29, 0.717) is 11.5 Å². The highest BCUT2D eigenvalue weighted by Gasteiger charge is 2.53. The Morgan fingerprint density at radius 3 is 2.44 bits per heavy atom. The highest BCUT2D eigenvalue weighted by atomic mass is 28.4. The Morgan fingerprint density at radius 1 is 1.11 bits per heavy atom. The number of fused-ring (bicyclic) bond motifs is 1. The molecule has 0 heterocycles. The normalized spacial score (nSPS) is 32.5. The lowest BCUT2D eigenvalue weighted by Crippen LogP contribution is -2.47. The standard InChI is InChI=1S/C24H46OSi2/c1-9-10-19-27(7,8)25-23-14-11-17-24(3)21(15-16-22(23)24)20(2)13-12-18-26(4,5)6/h20-23H,9-11,13-17,19H2,1-8H3/t20-,21-,22+,23+,24-/m1/s1. The van der Waals surface area contributed by atoms with Crippen molar-refractivity contribution in [2.45, 2.75) is 117 Å². The lowest BCUT2D eigenvalue weighted by Gasteiger charge is -2.48. The summed E-state index contributed by atoms with van der Waals surface area (Å²) in [5.41, 5.74) is 4.07. The fourth-order valence-corrected chi connectivity index (χ4v) is 8.98. The zero-order chi connectivity index (χ0) is 20.3. The number of unbranched alkanes of at least 4 members (excludes halogenated alkanes) is 1. The van der Waals surface area contributed by atoms with Gasteiger partial charge in [-0.2, -0.15) is 0 Å². The van der Waals surface area contributed by atoms with E-state index in [4.69, 9.17) is 4.43 Å². The lowest BCUT2D eigenvalue weighted by molar-refractivity contribution is -0.0179. The van der Waals surface area contributed by atoms with Gasteiger partial charge in [0.1, 0.15) is 8.07 Å². The highest BCUT2D eigenvalue weighted by molar-refractivity contribution is 6.83. The molecule has 27 heavy (non-hydrogen) atoms. The van der Waals surface area contributed by atoms with Crippen molar-refractivity contribution in [3.8, 4) is 11.5 Å². The van der Waals surface area contributed by atoms with Gasteiger partial charge in [0.15, 0.2) is 8.32 Å². The van der Waals surface area contributed by atoms with Gasteiger partial charge in [-0.1, -0.05) is 59.7 Å². The summed E-state index contributed by atoms with van der Waals surface area (Å²) in [5.74, 6) is 5.93. The zero-order valence-corrected chi connectivity index (χ0v) is 21.6. The molecule has 0 radical (unpaired) electrons. The van der Waals surface area contributed by atoms with Crippen LogP contribution in [0, 0.1) is 34.6 Å². The van der Waals surface area contributed by atoms with Gasteiger partial charge < -0.3 is 4.43 Å². The van der Waals surface area contributed by atoms with E-state index in [1.807, 2.05) is 0 Å². The Kier molecular flexibility index (Phi) is 7.90. The van der Waals surface area contributed by atoms with Crippen LogP contribution in [0.15, 0.2) is 0 Å². The predicted molar refractivity (Wildman–Crippen MR) is 125 cm³/mol. The first-order valence-electron chi connectivity index (χ1n) is 11.7. The maximum Gasteiger partial charge on any atom is 0.187 e. The van der Waals surface area contributed by atoms with Crippen LogP contribution in [0.4, 0.5) is 0 Å². The Labute approximate surface area is 172 Å². The molecule has 2 rings (SSSR count). The molecule has 0 N–H and O–H groups in total. The Morgan fingerprint density at radius 2 is 1.81 bits per heavy atom. The predicted octanol–water partition coefficient (Wildman–Crippen LogP) is 7.50. The molecule has 1 nitrogen and oxygen atoms in total. The fraction of sp³-hybridized carbons (Fsp3) is 0.917. The second kappa shape index (κ2) is 9.18. The molecule has 0 saturated heterocycles. The van der Waals surface area contributed by atoms with Crippen LogP contribution in [0.2, 0.25) is 38.8 Å². The largest absolute Gasteiger partial charge is 0.414 e. The molecule has 2 saturated carbocycles. The van der Waals surface area contributed by atoms with Crippen molar-refractivity contribution >= 4 is 16.4 Å². The SMILES string of the molecule is CCCC[Si](C)(C)O[C@H]1CCC[C@]2(C)[C@@H]([C@H](C)CC#C[Si](C)(C)C)CC[C@@H]12. The summed E-state index contributed by atoms with van der Waals surface area (Å²) in [6.07, 6.45) is 11.1. The first kappa shape index (κ1) is 23.2. The van der Waals surface area contributed by atoms with Gasteiger partial charge in [-0.15, -0.1) is 11.5 Å². The molecule has 0 bridgehead atoms. The molecule has 0 amide bonds. The van der Waals surface area contributed by atoms with Crippen LogP contribution in [0.25, 0.3) is 0 Å². The topological polar surface area (TPSA) is 9.23 Å². The second-order valence-electron chi connectivity index (χ2n) is 11.4. The first-order valence-corrected chi connectivity index (χ1v) is 18.3. The van der Waals surface area contributed by atoms with E-state index in [-0.39, 0.29) is 0 Å². The van der Waals surface area contributed by atoms with Crippen LogP contribution >= 0.6 is 0 Å². The van der Waals surface area contributed by atoms with Crippen LogP contribution in [0.3, 0.4) is 0 Å². The highest BCUT2D eigenvalue weighted by Crippen LogP contribution is 2.59. The van der Waals surface area contributed by atoms with Crippen molar-refractivity contribution < 1.29 is 4.43 Å². The van der Waals surface area contributed by atoms with Crippen molar-refractivity contribution in [3.63, 3.8) is 0 Å². The van der Waals surface area contributed by atoms with Crippen molar-refractivity contribution in [2.24, 2.45) is 23.2 Å². The molecule has 0 aromatic carbocycles. The van der Waals surface area contributed by atoms with Crippen molar-refractivity contribution in [1.29, 1.82) is 0 Å². The molecular formula is C24H46OSi2. The van der Waals surface area contributed by atoms with Crippen molar-refractivity contribution in [3.05, 3.63) is 0 Å². The maximum atomic E-state index is 6.93. The summed E-state index contributed by atoms with van der Waals surface area (Å²) < 4.78 is 6.93. The van der Waals surface area contributed by atoms with E-state index in [0.717, 1.165) is 24.2 Å². The molecule has 0 aliphatic heterocycles. The number of rotatable bonds is 7. The van der Waals surface area contributed by atoms with E-state index in [2.05, 4.69) is 65.0 Å². The monoisotopic (exact) mass is 406 g/mol. The van der Waals surface area contributed by atoms with Crippen LogP contribution in [-0.2, 0) is 4.43 Å². The summed E-state index contributed by atoms with van der Waals surface area (Å²) in [6.45, 7) is 19.3. The summed E-state index contributed by atoms with van der Waals surface area (Å²) in [5, 5.41) is 0. The molecule has 3 heteroatoms. The maximum absolute atomic E-state index is 6.93. The first-order chi connectivity index (χ1) is 12.5. The van der Waals surface area contributed by atoms with E-state index in [1.54, 1.807) is 0 Å². The van der Waals surface area contributed by atoms with E-state index >= 15 is 0 Å². The average molecular weight is 407 g/mol. The quantitative estimate of drug-likeness (QED) is 0.314. The Balaban J connectivity index is 2.05.